The molecule has 0 aromatic heterocycles. The van der Waals surface area contributed by atoms with E-state index >= 15 is 0 Å². The van der Waals surface area contributed by atoms with Crippen LogP contribution in [0.1, 0.15) is 26.7 Å². The van der Waals surface area contributed by atoms with Crippen LogP contribution in [0.3, 0.4) is 0 Å². The van der Waals surface area contributed by atoms with Crippen molar-refractivity contribution in [2.75, 3.05) is 26.3 Å². The van der Waals surface area contributed by atoms with Crippen LogP contribution in [0, 0.1) is 11.8 Å². The highest BCUT2D eigenvalue weighted by Crippen LogP contribution is 2.10. The number of ketones is 4. The summed E-state index contributed by atoms with van der Waals surface area (Å²) in [5.41, 5.74) is 0. The summed E-state index contributed by atoms with van der Waals surface area (Å²) >= 11 is 0. The summed E-state index contributed by atoms with van der Waals surface area (Å²) < 4.78 is 4.97. The molecule has 20 heavy (non-hydrogen) atoms. The van der Waals surface area contributed by atoms with Crippen LogP contribution in [0.4, 0.5) is 0 Å². The SMILES string of the molecule is CC(=O)C1CCNCC1=O.CC(=O)C1COCCC1=O. The minimum Gasteiger partial charge on any atom is -0.380 e. The van der Waals surface area contributed by atoms with Gasteiger partial charge in [0.15, 0.2) is 5.78 Å². The van der Waals surface area contributed by atoms with E-state index in [0.29, 0.717) is 26.0 Å². The lowest BCUT2D eigenvalue weighted by atomic mass is 9.93. The van der Waals surface area contributed by atoms with Gasteiger partial charge in [0, 0.05) is 6.42 Å². The average Bonchev–Trinajstić information content (AvgIpc) is 2.40. The Kier molecular flexibility index (Phi) is 6.67. The van der Waals surface area contributed by atoms with E-state index in [4.69, 9.17) is 4.74 Å². The van der Waals surface area contributed by atoms with Crippen molar-refractivity contribution in [1.82, 2.24) is 5.32 Å². The van der Waals surface area contributed by atoms with Crippen LogP contribution in [0.2, 0.25) is 0 Å². The molecule has 0 bridgehead atoms. The molecule has 0 spiro atoms. The average molecular weight is 283 g/mol. The molecule has 6 heteroatoms. The monoisotopic (exact) mass is 283 g/mol. The lowest BCUT2D eigenvalue weighted by Crippen LogP contribution is -2.39. The molecule has 0 saturated carbocycles. The third-order valence-electron chi connectivity index (χ3n) is 3.45. The van der Waals surface area contributed by atoms with Crippen LogP contribution in [-0.4, -0.2) is 49.4 Å². The zero-order valence-corrected chi connectivity index (χ0v) is 11.9. The zero-order chi connectivity index (χ0) is 15.1. The minimum absolute atomic E-state index is 0.00602. The zero-order valence-electron chi connectivity index (χ0n) is 11.9. The number of piperidine rings is 1. The highest BCUT2D eigenvalue weighted by Gasteiger charge is 2.26. The molecule has 1 N–H and O–H groups in total. The van der Waals surface area contributed by atoms with E-state index in [0.717, 1.165) is 6.54 Å². The molecule has 2 unspecified atom stereocenters. The molecule has 112 valence electrons. The first-order valence-electron chi connectivity index (χ1n) is 6.78. The van der Waals surface area contributed by atoms with Crippen molar-refractivity contribution in [2.24, 2.45) is 11.8 Å². The highest BCUT2D eigenvalue weighted by atomic mass is 16.5. The Hall–Kier alpha value is -1.40. The number of carbonyl (C=O) groups is 4. The van der Waals surface area contributed by atoms with Crippen molar-refractivity contribution < 1.29 is 23.9 Å². The van der Waals surface area contributed by atoms with Gasteiger partial charge in [0.25, 0.3) is 0 Å². The fourth-order valence-electron chi connectivity index (χ4n) is 2.16. The Morgan fingerprint density at radius 3 is 2.15 bits per heavy atom. The molecule has 2 rings (SSSR count). The Bertz CT molecular complexity index is 366. The third-order valence-corrected chi connectivity index (χ3v) is 3.45. The predicted octanol–water partition coefficient (Wildman–Crippen LogP) is -0.0650. The molecule has 2 atom stereocenters. The summed E-state index contributed by atoms with van der Waals surface area (Å²) in [6.45, 7) is 4.82. The summed E-state index contributed by atoms with van der Waals surface area (Å²) in [7, 11) is 0. The molecule has 2 heterocycles. The number of hydrogen-bond acceptors (Lipinski definition) is 6. The Morgan fingerprint density at radius 2 is 1.75 bits per heavy atom. The fraction of sp³-hybridized carbons (Fsp3) is 0.714. The molecular formula is C14H21NO5. The van der Waals surface area contributed by atoms with E-state index in [1.54, 1.807) is 0 Å². The van der Waals surface area contributed by atoms with E-state index in [1.165, 1.54) is 13.8 Å². The van der Waals surface area contributed by atoms with Crippen LogP contribution < -0.4 is 5.32 Å². The number of carbonyl (C=O) groups excluding carboxylic acids is 4. The maximum atomic E-state index is 11.0. The van der Waals surface area contributed by atoms with E-state index in [2.05, 4.69) is 5.32 Å². The van der Waals surface area contributed by atoms with Crippen LogP contribution in [0.5, 0.6) is 0 Å². The van der Waals surface area contributed by atoms with Gasteiger partial charge >= 0.3 is 0 Å². The molecule has 2 aliphatic rings. The minimum atomic E-state index is -0.478. The standard InChI is InChI=1S/C7H11NO2.C7H10O3/c1-5(9)6-2-3-8-4-7(6)10;1-5(8)6-4-10-3-2-7(6)9/h6,8H,2-4H2,1H3;6H,2-4H2,1H3. The summed E-state index contributed by atoms with van der Waals surface area (Å²) in [5.74, 6) is -0.802. The number of Topliss-reactive ketones (excluding diaryl/α,β-unsaturated/α-hetero) is 4. The van der Waals surface area contributed by atoms with Gasteiger partial charge in [-0.05, 0) is 26.8 Å². The first-order chi connectivity index (χ1) is 9.43. The van der Waals surface area contributed by atoms with Gasteiger partial charge < -0.3 is 10.1 Å². The van der Waals surface area contributed by atoms with Gasteiger partial charge in [-0.2, -0.15) is 0 Å². The third kappa shape index (κ3) is 4.94. The largest absolute Gasteiger partial charge is 0.380 e. The Labute approximate surface area is 118 Å². The second-order valence-corrected chi connectivity index (χ2v) is 5.05. The summed E-state index contributed by atoms with van der Waals surface area (Å²) in [6.07, 6.45) is 1.07. The van der Waals surface area contributed by atoms with Crippen molar-refractivity contribution >= 4 is 23.1 Å². The van der Waals surface area contributed by atoms with Crippen LogP contribution in [0.15, 0.2) is 0 Å². The summed E-state index contributed by atoms with van der Waals surface area (Å²) in [4.78, 5) is 43.4. The first kappa shape index (κ1) is 16.7. The number of nitrogens with one attached hydrogen (secondary N) is 1. The Balaban J connectivity index is 0.000000200. The predicted molar refractivity (Wildman–Crippen MR) is 71.3 cm³/mol. The van der Waals surface area contributed by atoms with Crippen LogP contribution in [-0.2, 0) is 23.9 Å². The van der Waals surface area contributed by atoms with Gasteiger partial charge in [0.2, 0.25) is 0 Å². The molecule has 2 fully saturated rings. The second kappa shape index (κ2) is 8.01. The molecule has 0 aromatic carbocycles. The van der Waals surface area contributed by atoms with Crippen molar-refractivity contribution in [2.45, 2.75) is 26.7 Å². The number of ether oxygens (including phenoxy) is 1. The second-order valence-electron chi connectivity index (χ2n) is 5.05. The quantitative estimate of drug-likeness (QED) is 0.714. The number of rotatable bonds is 2. The van der Waals surface area contributed by atoms with Crippen molar-refractivity contribution in [1.29, 1.82) is 0 Å². The lowest BCUT2D eigenvalue weighted by Gasteiger charge is -2.18. The molecule has 0 aromatic rings. The van der Waals surface area contributed by atoms with E-state index in [1.807, 2.05) is 0 Å². The van der Waals surface area contributed by atoms with Crippen molar-refractivity contribution in [3.63, 3.8) is 0 Å². The molecule has 0 aliphatic carbocycles. The summed E-state index contributed by atoms with van der Waals surface area (Å²) in [6, 6.07) is 0. The molecular weight excluding hydrogens is 262 g/mol. The van der Waals surface area contributed by atoms with Gasteiger partial charge in [-0.1, -0.05) is 0 Å². The van der Waals surface area contributed by atoms with E-state index in [9.17, 15) is 19.2 Å². The lowest BCUT2D eigenvalue weighted by molar-refractivity contribution is -0.139. The van der Waals surface area contributed by atoms with Gasteiger partial charge in [-0.15, -0.1) is 0 Å². The van der Waals surface area contributed by atoms with E-state index in [-0.39, 0.29) is 35.7 Å². The van der Waals surface area contributed by atoms with Gasteiger partial charge in [-0.3, -0.25) is 19.2 Å². The molecule has 6 nitrogen and oxygen atoms in total. The van der Waals surface area contributed by atoms with Crippen LogP contribution in [0.25, 0.3) is 0 Å². The molecule has 2 saturated heterocycles. The van der Waals surface area contributed by atoms with Gasteiger partial charge in [0.1, 0.15) is 17.3 Å². The molecule has 0 amide bonds. The summed E-state index contributed by atoms with van der Waals surface area (Å²) in [5, 5.41) is 2.92. The fourth-order valence-corrected chi connectivity index (χ4v) is 2.16. The maximum absolute atomic E-state index is 11.0. The van der Waals surface area contributed by atoms with E-state index < -0.39 is 5.92 Å². The Morgan fingerprint density at radius 1 is 1.10 bits per heavy atom. The molecule has 2 aliphatic heterocycles. The van der Waals surface area contributed by atoms with Crippen molar-refractivity contribution in [3.8, 4) is 0 Å². The normalized spacial score (nSPS) is 26.5. The maximum Gasteiger partial charge on any atom is 0.157 e. The first-order valence-corrected chi connectivity index (χ1v) is 6.78. The smallest absolute Gasteiger partial charge is 0.157 e. The number of hydrogen-bond donors (Lipinski definition) is 1. The van der Waals surface area contributed by atoms with Crippen LogP contribution >= 0.6 is 0 Å². The molecule has 0 radical (unpaired) electrons. The van der Waals surface area contributed by atoms with Gasteiger partial charge in [0.05, 0.1) is 31.6 Å². The topological polar surface area (TPSA) is 89.5 Å². The van der Waals surface area contributed by atoms with Crippen molar-refractivity contribution in [3.05, 3.63) is 0 Å². The highest BCUT2D eigenvalue weighted by molar-refractivity contribution is 6.02. The van der Waals surface area contributed by atoms with Gasteiger partial charge in [-0.25, -0.2) is 0 Å².